The largest absolute Gasteiger partial charge is 0.380 e. The molecule has 0 bridgehead atoms. The van der Waals surface area contributed by atoms with Gasteiger partial charge in [0.05, 0.1) is 6.61 Å². The van der Waals surface area contributed by atoms with Crippen molar-refractivity contribution in [3.8, 4) is 0 Å². The molecule has 1 rings (SSSR count). The van der Waals surface area contributed by atoms with Crippen LogP contribution in [0.25, 0.3) is 0 Å². The molecule has 0 saturated heterocycles. The Morgan fingerprint density at radius 1 is 1.44 bits per heavy atom. The number of pyridine rings is 1. The predicted octanol–water partition coefficient (Wildman–Crippen LogP) is 2.03. The van der Waals surface area contributed by atoms with E-state index in [2.05, 4.69) is 23.3 Å². The number of nitrogens with zero attached hydrogens (tertiary/aromatic N) is 1. The molecule has 1 atom stereocenters. The third kappa shape index (κ3) is 5.24. The summed E-state index contributed by atoms with van der Waals surface area (Å²) in [5, 5.41) is 3.44. The van der Waals surface area contributed by atoms with Crippen LogP contribution in [0.5, 0.6) is 0 Å². The molecule has 3 nitrogen and oxygen atoms in total. The maximum Gasteiger partial charge on any atom is 0.0619 e. The lowest BCUT2D eigenvalue weighted by Gasteiger charge is -2.17. The summed E-state index contributed by atoms with van der Waals surface area (Å²) in [6.45, 7) is 6.73. The van der Waals surface area contributed by atoms with Gasteiger partial charge in [0.25, 0.3) is 0 Å². The Labute approximate surface area is 98.2 Å². The highest BCUT2D eigenvalue weighted by Crippen LogP contribution is 2.04. The Balaban J connectivity index is 2.31. The van der Waals surface area contributed by atoms with E-state index in [1.54, 1.807) is 0 Å². The maximum atomic E-state index is 5.46. The first-order valence-electron chi connectivity index (χ1n) is 6.06. The van der Waals surface area contributed by atoms with Gasteiger partial charge in [0.1, 0.15) is 0 Å². The molecule has 1 aromatic rings. The van der Waals surface area contributed by atoms with Crippen LogP contribution in [0, 0.1) is 0 Å². The van der Waals surface area contributed by atoms with Crippen LogP contribution in [0.4, 0.5) is 0 Å². The van der Waals surface area contributed by atoms with Crippen LogP contribution in [0.3, 0.4) is 0 Å². The predicted molar refractivity (Wildman–Crippen MR) is 66.5 cm³/mol. The highest BCUT2D eigenvalue weighted by molar-refractivity contribution is 5.08. The molecule has 0 aliphatic carbocycles. The van der Waals surface area contributed by atoms with Crippen molar-refractivity contribution >= 4 is 0 Å². The van der Waals surface area contributed by atoms with Gasteiger partial charge in [-0.05, 0) is 37.9 Å². The second-order valence-electron chi connectivity index (χ2n) is 3.81. The van der Waals surface area contributed by atoms with Crippen LogP contribution in [-0.2, 0) is 11.2 Å². The molecule has 1 aromatic heterocycles. The molecule has 0 aliphatic rings. The first-order chi connectivity index (χ1) is 7.86. The van der Waals surface area contributed by atoms with Gasteiger partial charge in [0.15, 0.2) is 0 Å². The molecule has 1 unspecified atom stereocenters. The molecule has 16 heavy (non-hydrogen) atoms. The van der Waals surface area contributed by atoms with Gasteiger partial charge in [-0.2, -0.15) is 0 Å². The molecule has 0 amide bonds. The molecule has 90 valence electrons. The van der Waals surface area contributed by atoms with Gasteiger partial charge in [0.2, 0.25) is 0 Å². The lowest BCUT2D eigenvalue weighted by atomic mass is 10.1. The monoisotopic (exact) mass is 222 g/mol. The zero-order valence-electron chi connectivity index (χ0n) is 10.3. The Hall–Kier alpha value is -0.930. The minimum atomic E-state index is 0.449. The van der Waals surface area contributed by atoms with E-state index in [9.17, 15) is 0 Å². The van der Waals surface area contributed by atoms with E-state index in [1.165, 1.54) is 5.56 Å². The average molecular weight is 222 g/mol. The van der Waals surface area contributed by atoms with E-state index < -0.39 is 0 Å². The van der Waals surface area contributed by atoms with Gasteiger partial charge >= 0.3 is 0 Å². The fourth-order valence-electron chi connectivity index (χ4n) is 1.68. The van der Waals surface area contributed by atoms with Crippen molar-refractivity contribution in [2.75, 3.05) is 19.8 Å². The van der Waals surface area contributed by atoms with Crippen LogP contribution >= 0.6 is 0 Å². The number of hydrogen-bond acceptors (Lipinski definition) is 3. The Bertz CT molecular complexity index is 264. The van der Waals surface area contributed by atoms with Crippen LogP contribution in [-0.4, -0.2) is 30.8 Å². The summed E-state index contributed by atoms with van der Waals surface area (Å²) in [5.41, 5.74) is 1.29. The van der Waals surface area contributed by atoms with Crippen molar-refractivity contribution < 1.29 is 4.74 Å². The van der Waals surface area contributed by atoms with Crippen molar-refractivity contribution in [1.29, 1.82) is 0 Å². The zero-order valence-corrected chi connectivity index (χ0v) is 10.3. The third-order valence-electron chi connectivity index (χ3n) is 2.52. The molecule has 1 N–H and O–H groups in total. The van der Waals surface area contributed by atoms with E-state index in [4.69, 9.17) is 4.74 Å². The van der Waals surface area contributed by atoms with Crippen molar-refractivity contribution in [1.82, 2.24) is 10.3 Å². The summed E-state index contributed by atoms with van der Waals surface area (Å²) >= 11 is 0. The average Bonchev–Trinajstić information content (AvgIpc) is 2.34. The number of rotatable bonds is 8. The molecule has 0 saturated carbocycles. The number of aryl methyl sites for hydroxylation is 1. The summed E-state index contributed by atoms with van der Waals surface area (Å²) in [7, 11) is 0. The Morgan fingerprint density at radius 2 is 2.31 bits per heavy atom. The van der Waals surface area contributed by atoms with Gasteiger partial charge in [0, 0.05) is 25.0 Å². The second-order valence-corrected chi connectivity index (χ2v) is 3.81. The van der Waals surface area contributed by atoms with E-state index in [-0.39, 0.29) is 0 Å². The van der Waals surface area contributed by atoms with Gasteiger partial charge in [-0.1, -0.05) is 13.0 Å². The first-order valence-corrected chi connectivity index (χ1v) is 6.06. The standard InChI is InChI=1S/C13H22N2O/c1-3-15-13(11-16-4-2)8-7-12-6-5-9-14-10-12/h5-6,9-10,13,15H,3-4,7-8,11H2,1-2H3. The highest BCUT2D eigenvalue weighted by atomic mass is 16.5. The summed E-state index contributed by atoms with van der Waals surface area (Å²) in [6, 6.07) is 4.56. The third-order valence-corrected chi connectivity index (χ3v) is 2.52. The van der Waals surface area contributed by atoms with Gasteiger partial charge < -0.3 is 10.1 Å². The quantitative estimate of drug-likeness (QED) is 0.731. The molecule has 1 heterocycles. The minimum Gasteiger partial charge on any atom is -0.380 e. The van der Waals surface area contributed by atoms with Gasteiger partial charge in [-0.25, -0.2) is 0 Å². The molecule has 0 aromatic carbocycles. The highest BCUT2D eigenvalue weighted by Gasteiger charge is 2.07. The van der Waals surface area contributed by atoms with Crippen LogP contribution in [0.2, 0.25) is 0 Å². The SMILES string of the molecule is CCNC(CCc1cccnc1)COCC. The van der Waals surface area contributed by atoms with Crippen molar-refractivity contribution in [2.24, 2.45) is 0 Å². The summed E-state index contributed by atoms with van der Waals surface area (Å²) in [6.07, 6.45) is 5.90. The van der Waals surface area contributed by atoms with E-state index in [0.29, 0.717) is 6.04 Å². The topological polar surface area (TPSA) is 34.2 Å². The van der Waals surface area contributed by atoms with Crippen LogP contribution < -0.4 is 5.32 Å². The maximum absolute atomic E-state index is 5.46. The lowest BCUT2D eigenvalue weighted by molar-refractivity contribution is 0.120. The molecule has 0 fully saturated rings. The molecule has 0 aliphatic heterocycles. The molecular weight excluding hydrogens is 200 g/mol. The van der Waals surface area contributed by atoms with Gasteiger partial charge in [-0.3, -0.25) is 4.98 Å². The number of ether oxygens (including phenoxy) is 1. The molecular formula is C13H22N2O. The molecule has 0 radical (unpaired) electrons. The fourth-order valence-corrected chi connectivity index (χ4v) is 1.68. The normalized spacial score (nSPS) is 12.6. The first kappa shape index (κ1) is 13.1. The Morgan fingerprint density at radius 3 is 2.94 bits per heavy atom. The molecule has 3 heteroatoms. The number of likely N-dealkylation sites (N-methyl/N-ethyl adjacent to an activating group) is 1. The smallest absolute Gasteiger partial charge is 0.0619 e. The number of aromatic nitrogens is 1. The number of hydrogen-bond donors (Lipinski definition) is 1. The summed E-state index contributed by atoms with van der Waals surface area (Å²) in [4.78, 5) is 4.12. The van der Waals surface area contributed by atoms with E-state index >= 15 is 0 Å². The minimum absolute atomic E-state index is 0.449. The van der Waals surface area contributed by atoms with E-state index in [1.807, 2.05) is 25.4 Å². The lowest BCUT2D eigenvalue weighted by Crippen LogP contribution is -2.33. The fraction of sp³-hybridized carbons (Fsp3) is 0.615. The van der Waals surface area contributed by atoms with E-state index in [0.717, 1.165) is 32.6 Å². The van der Waals surface area contributed by atoms with Crippen molar-refractivity contribution in [2.45, 2.75) is 32.7 Å². The summed E-state index contributed by atoms with van der Waals surface area (Å²) < 4.78 is 5.46. The summed E-state index contributed by atoms with van der Waals surface area (Å²) in [5.74, 6) is 0. The van der Waals surface area contributed by atoms with Crippen molar-refractivity contribution in [3.63, 3.8) is 0 Å². The number of nitrogens with one attached hydrogen (secondary N) is 1. The zero-order chi connectivity index (χ0) is 11.6. The van der Waals surface area contributed by atoms with Gasteiger partial charge in [-0.15, -0.1) is 0 Å². The van der Waals surface area contributed by atoms with Crippen LogP contribution in [0.1, 0.15) is 25.8 Å². The van der Waals surface area contributed by atoms with Crippen molar-refractivity contribution in [3.05, 3.63) is 30.1 Å². The molecule has 0 spiro atoms. The Kier molecular flexibility index (Phi) is 6.77. The second kappa shape index (κ2) is 8.25. The van der Waals surface area contributed by atoms with Crippen LogP contribution in [0.15, 0.2) is 24.5 Å².